The number of piperidine rings is 1. The van der Waals surface area contributed by atoms with Gasteiger partial charge in [-0.15, -0.1) is 11.3 Å². The van der Waals surface area contributed by atoms with Gasteiger partial charge in [0.15, 0.2) is 0 Å². The highest BCUT2D eigenvalue weighted by molar-refractivity contribution is 7.10. The summed E-state index contributed by atoms with van der Waals surface area (Å²) >= 11 is 1.83. The Morgan fingerprint density at radius 2 is 2.47 bits per heavy atom. The van der Waals surface area contributed by atoms with Gasteiger partial charge in [0.2, 0.25) is 0 Å². The smallest absolute Gasteiger partial charge is 0.0502 e. The quantitative estimate of drug-likeness (QED) is 0.832. The van der Waals surface area contributed by atoms with Crippen LogP contribution in [0, 0.1) is 5.92 Å². The van der Waals surface area contributed by atoms with Crippen molar-refractivity contribution in [1.82, 2.24) is 10.2 Å². The summed E-state index contributed by atoms with van der Waals surface area (Å²) in [5, 5.41) is 5.76. The molecule has 1 N–H and O–H groups in total. The van der Waals surface area contributed by atoms with Crippen LogP contribution < -0.4 is 5.32 Å². The van der Waals surface area contributed by atoms with Gasteiger partial charge in [0.05, 0.1) is 6.61 Å². The van der Waals surface area contributed by atoms with Crippen molar-refractivity contribution in [3.63, 3.8) is 0 Å². The molecule has 2 unspecified atom stereocenters. The predicted molar refractivity (Wildman–Crippen MR) is 81.8 cm³/mol. The largest absolute Gasteiger partial charge is 0.384 e. The molecule has 0 radical (unpaired) electrons. The Bertz CT molecular complexity index is 340. The lowest BCUT2D eigenvalue weighted by Crippen LogP contribution is -2.41. The van der Waals surface area contributed by atoms with Gasteiger partial charge in [-0.3, -0.25) is 0 Å². The molecule has 2 heterocycles. The Hall–Kier alpha value is -0.420. The summed E-state index contributed by atoms with van der Waals surface area (Å²) in [5.41, 5.74) is 0. The number of hydrogen-bond donors (Lipinski definition) is 1. The lowest BCUT2D eigenvalue weighted by molar-refractivity contribution is 0.0908. The van der Waals surface area contributed by atoms with Crippen LogP contribution in [0.15, 0.2) is 17.5 Å². The zero-order chi connectivity index (χ0) is 13.5. The van der Waals surface area contributed by atoms with Crippen LogP contribution in [0.4, 0.5) is 0 Å². The fourth-order valence-corrected chi connectivity index (χ4v) is 3.56. The molecule has 2 rings (SSSR count). The van der Waals surface area contributed by atoms with Gasteiger partial charge in [-0.1, -0.05) is 6.07 Å². The van der Waals surface area contributed by atoms with Gasteiger partial charge in [0.1, 0.15) is 0 Å². The molecule has 1 aromatic heterocycles. The van der Waals surface area contributed by atoms with Crippen LogP contribution in [-0.4, -0.2) is 44.8 Å². The Morgan fingerprint density at radius 1 is 1.58 bits per heavy atom. The van der Waals surface area contributed by atoms with E-state index in [1.807, 2.05) is 18.4 Å². The van der Waals surface area contributed by atoms with Crippen molar-refractivity contribution in [1.29, 1.82) is 0 Å². The summed E-state index contributed by atoms with van der Waals surface area (Å²) in [5.74, 6) is 0.730. The maximum atomic E-state index is 5.28. The van der Waals surface area contributed by atoms with Crippen LogP contribution in [0.1, 0.15) is 30.7 Å². The van der Waals surface area contributed by atoms with E-state index in [9.17, 15) is 0 Å². The average molecular weight is 282 g/mol. The zero-order valence-corrected chi connectivity index (χ0v) is 12.9. The van der Waals surface area contributed by atoms with Crippen molar-refractivity contribution in [3.05, 3.63) is 22.4 Å². The molecule has 0 spiro atoms. The molecule has 3 nitrogen and oxygen atoms in total. The van der Waals surface area contributed by atoms with Crippen LogP contribution >= 0.6 is 11.3 Å². The predicted octanol–water partition coefficient (Wildman–Crippen LogP) is 2.76. The van der Waals surface area contributed by atoms with Gasteiger partial charge in [0, 0.05) is 37.7 Å². The highest BCUT2D eigenvalue weighted by atomic mass is 32.1. The number of likely N-dealkylation sites (tertiary alicyclic amines) is 1. The molecule has 1 aliphatic rings. The second-order valence-corrected chi connectivity index (χ2v) is 6.43. The molecule has 19 heavy (non-hydrogen) atoms. The first-order valence-electron chi connectivity index (χ1n) is 7.27. The summed E-state index contributed by atoms with van der Waals surface area (Å²) < 4.78 is 5.28. The van der Waals surface area contributed by atoms with Crippen molar-refractivity contribution in [2.75, 3.05) is 39.9 Å². The Balaban J connectivity index is 1.65. The Morgan fingerprint density at radius 3 is 3.21 bits per heavy atom. The summed E-state index contributed by atoms with van der Waals surface area (Å²) in [7, 11) is 1.81. The third-order valence-electron chi connectivity index (χ3n) is 3.85. The molecule has 0 aromatic carbocycles. The first-order valence-corrected chi connectivity index (χ1v) is 8.15. The average Bonchev–Trinajstić information content (AvgIpc) is 2.93. The lowest BCUT2D eigenvalue weighted by Gasteiger charge is -2.32. The number of ether oxygens (including phenoxy) is 1. The van der Waals surface area contributed by atoms with Gasteiger partial charge in [0.25, 0.3) is 0 Å². The summed E-state index contributed by atoms with van der Waals surface area (Å²) in [6.45, 7) is 7.82. The van der Waals surface area contributed by atoms with E-state index in [1.165, 1.54) is 30.8 Å². The molecule has 4 heteroatoms. The fraction of sp³-hybridized carbons (Fsp3) is 0.733. The molecule has 0 saturated carbocycles. The summed E-state index contributed by atoms with van der Waals surface area (Å²) in [4.78, 5) is 4.00. The third kappa shape index (κ3) is 4.88. The van der Waals surface area contributed by atoms with Gasteiger partial charge < -0.3 is 15.0 Å². The van der Waals surface area contributed by atoms with E-state index >= 15 is 0 Å². The Kier molecular flexibility index (Phi) is 6.31. The highest BCUT2D eigenvalue weighted by Gasteiger charge is 2.19. The SMILES string of the molecule is COCC1CCCN(CCNC(C)c2cccs2)C1. The molecule has 0 aliphatic carbocycles. The van der Waals surface area contributed by atoms with E-state index in [1.54, 1.807) is 0 Å². The number of nitrogens with zero attached hydrogens (tertiary/aromatic N) is 1. The fourth-order valence-electron chi connectivity index (χ4n) is 2.80. The minimum Gasteiger partial charge on any atom is -0.384 e. The number of nitrogens with one attached hydrogen (secondary N) is 1. The minimum atomic E-state index is 0.472. The van der Waals surface area contributed by atoms with Crippen LogP contribution in [0.5, 0.6) is 0 Å². The summed E-state index contributed by atoms with van der Waals surface area (Å²) in [6.07, 6.45) is 2.64. The van der Waals surface area contributed by atoms with E-state index in [-0.39, 0.29) is 0 Å². The number of rotatable bonds is 7. The molecule has 108 valence electrons. The van der Waals surface area contributed by atoms with Crippen LogP contribution in [-0.2, 0) is 4.74 Å². The topological polar surface area (TPSA) is 24.5 Å². The number of thiophene rings is 1. The van der Waals surface area contributed by atoms with E-state index < -0.39 is 0 Å². The standard InChI is InChI=1S/C15H26N2OS/c1-13(15-6-4-10-19-15)16-7-9-17-8-3-5-14(11-17)12-18-2/h4,6,10,13-14,16H,3,5,7-9,11-12H2,1-2H3. The minimum absolute atomic E-state index is 0.472. The van der Waals surface area contributed by atoms with Crippen LogP contribution in [0.3, 0.4) is 0 Å². The highest BCUT2D eigenvalue weighted by Crippen LogP contribution is 2.18. The first kappa shape index (κ1) is 15.0. The molecule has 1 aliphatic heterocycles. The van der Waals surface area contributed by atoms with Crippen molar-refractivity contribution in [3.8, 4) is 0 Å². The summed E-state index contributed by atoms with van der Waals surface area (Å²) in [6, 6.07) is 4.80. The second-order valence-electron chi connectivity index (χ2n) is 5.46. The molecule has 0 bridgehead atoms. The Labute approximate surface area is 121 Å². The van der Waals surface area contributed by atoms with E-state index in [0.717, 1.165) is 25.6 Å². The molecule has 1 aromatic rings. The molecular weight excluding hydrogens is 256 g/mol. The van der Waals surface area contributed by atoms with E-state index in [4.69, 9.17) is 4.74 Å². The molecule has 0 amide bonds. The van der Waals surface area contributed by atoms with Crippen molar-refractivity contribution in [2.45, 2.75) is 25.8 Å². The van der Waals surface area contributed by atoms with Gasteiger partial charge in [-0.2, -0.15) is 0 Å². The van der Waals surface area contributed by atoms with Crippen LogP contribution in [0.25, 0.3) is 0 Å². The van der Waals surface area contributed by atoms with Crippen molar-refractivity contribution < 1.29 is 4.74 Å². The first-order chi connectivity index (χ1) is 9.29. The van der Waals surface area contributed by atoms with Crippen LogP contribution in [0.2, 0.25) is 0 Å². The van der Waals surface area contributed by atoms with E-state index in [0.29, 0.717) is 6.04 Å². The van der Waals surface area contributed by atoms with Crippen molar-refractivity contribution in [2.24, 2.45) is 5.92 Å². The van der Waals surface area contributed by atoms with Gasteiger partial charge in [-0.05, 0) is 43.7 Å². The van der Waals surface area contributed by atoms with Gasteiger partial charge in [-0.25, -0.2) is 0 Å². The molecule has 1 saturated heterocycles. The van der Waals surface area contributed by atoms with E-state index in [2.05, 4.69) is 34.7 Å². The lowest BCUT2D eigenvalue weighted by atomic mass is 9.99. The third-order valence-corrected chi connectivity index (χ3v) is 4.91. The number of methoxy groups -OCH3 is 1. The molecular formula is C15H26N2OS. The van der Waals surface area contributed by atoms with Gasteiger partial charge >= 0.3 is 0 Å². The number of hydrogen-bond acceptors (Lipinski definition) is 4. The second kappa shape index (κ2) is 8.00. The molecule has 2 atom stereocenters. The maximum Gasteiger partial charge on any atom is 0.0502 e. The normalized spacial score (nSPS) is 22.5. The zero-order valence-electron chi connectivity index (χ0n) is 12.1. The maximum absolute atomic E-state index is 5.28. The monoisotopic (exact) mass is 282 g/mol. The van der Waals surface area contributed by atoms with Crippen molar-refractivity contribution >= 4 is 11.3 Å². The molecule has 1 fully saturated rings.